The van der Waals surface area contributed by atoms with Crippen molar-refractivity contribution in [1.29, 1.82) is 0 Å². The van der Waals surface area contributed by atoms with Crippen molar-refractivity contribution in [1.82, 2.24) is 20.2 Å². The summed E-state index contributed by atoms with van der Waals surface area (Å²) in [7, 11) is 0. The fraction of sp³-hybridized carbons (Fsp3) is 0.857. The summed E-state index contributed by atoms with van der Waals surface area (Å²) in [6.07, 6.45) is 3.58. The van der Waals surface area contributed by atoms with Crippen molar-refractivity contribution in [2.75, 3.05) is 0 Å². The first-order chi connectivity index (χ1) is 5.76. The van der Waals surface area contributed by atoms with Crippen LogP contribution in [0.5, 0.6) is 0 Å². The Morgan fingerprint density at radius 3 is 2.83 bits per heavy atom. The molecule has 12 heavy (non-hydrogen) atoms. The highest BCUT2D eigenvalue weighted by molar-refractivity contribution is 4.94. The van der Waals surface area contributed by atoms with Gasteiger partial charge in [0.25, 0.3) is 0 Å². The van der Waals surface area contributed by atoms with E-state index < -0.39 is 0 Å². The zero-order valence-corrected chi connectivity index (χ0v) is 7.19. The fourth-order valence-electron chi connectivity index (χ4n) is 1.65. The molecule has 0 radical (unpaired) electrons. The van der Waals surface area contributed by atoms with Gasteiger partial charge in [-0.25, -0.2) is 4.68 Å². The molecule has 1 aliphatic rings. The molecule has 1 saturated carbocycles. The van der Waals surface area contributed by atoms with Gasteiger partial charge in [-0.2, -0.15) is 0 Å². The van der Waals surface area contributed by atoms with Gasteiger partial charge >= 0.3 is 0 Å². The third kappa shape index (κ3) is 0.929. The first kappa shape index (κ1) is 7.67. The summed E-state index contributed by atoms with van der Waals surface area (Å²) in [6.45, 7) is 2.59. The third-order valence-corrected chi connectivity index (χ3v) is 2.66. The van der Waals surface area contributed by atoms with E-state index in [1.807, 2.05) is 4.68 Å². The van der Waals surface area contributed by atoms with E-state index in [0.717, 1.165) is 18.7 Å². The maximum Gasteiger partial charge on any atom is 0.165 e. The minimum absolute atomic E-state index is 0.137. The molecule has 0 amide bonds. The van der Waals surface area contributed by atoms with Crippen molar-refractivity contribution in [3.8, 4) is 0 Å². The molecule has 66 valence electrons. The maximum absolute atomic E-state index is 5.51. The zero-order valence-electron chi connectivity index (χ0n) is 7.19. The Balaban J connectivity index is 2.31. The largest absolute Gasteiger partial charge is 0.324 e. The van der Waals surface area contributed by atoms with E-state index in [9.17, 15) is 0 Å². The van der Waals surface area contributed by atoms with Crippen molar-refractivity contribution in [3.63, 3.8) is 0 Å². The third-order valence-electron chi connectivity index (χ3n) is 2.66. The van der Waals surface area contributed by atoms with Crippen LogP contribution >= 0.6 is 0 Å². The van der Waals surface area contributed by atoms with E-state index >= 15 is 0 Å². The smallest absolute Gasteiger partial charge is 0.165 e. The number of hydrogen-bond acceptors (Lipinski definition) is 4. The van der Waals surface area contributed by atoms with E-state index in [1.54, 1.807) is 0 Å². The van der Waals surface area contributed by atoms with E-state index in [0.29, 0.717) is 6.54 Å². The Morgan fingerprint density at radius 1 is 1.58 bits per heavy atom. The van der Waals surface area contributed by atoms with Gasteiger partial charge in [0, 0.05) is 0 Å². The van der Waals surface area contributed by atoms with Gasteiger partial charge in [0.1, 0.15) is 0 Å². The molecule has 0 spiro atoms. The molecule has 0 unspecified atom stereocenters. The normalized spacial score (nSPS) is 20.5. The summed E-state index contributed by atoms with van der Waals surface area (Å²) in [6, 6.07) is 0. The van der Waals surface area contributed by atoms with E-state index in [-0.39, 0.29) is 5.54 Å². The second kappa shape index (κ2) is 2.52. The molecule has 5 nitrogen and oxygen atoms in total. The molecule has 1 heterocycles. The molecule has 1 aliphatic carbocycles. The van der Waals surface area contributed by atoms with Crippen LogP contribution in [-0.4, -0.2) is 20.2 Å². The van der Waals surface area contributed by atoms with Crippen molar-refractivity contribution in [2.45, 2.75) is 38.3 Å². The first-order valence-electron chi connectivity index (χ1n) is 4.24. The van der Waals surface area contributed by atoms with Gasteiger partial charge in [0.15, 0.2) is 5.82 Å². The number of nitrogens with two attached hydrogens (primary N) is 1. The van der Waals surface area contributed by atoms with Crippen LogP contribution in [0.25, 0.3) is 0 Å². The molecule has 2 N–H and O–H groups in total. The molecule has 1 fully saturated rings. The molecule has 0 aromatic carbocycles. The van der Waals surface area contributed by atoms with Crippen LogP contribution in [-0.2, 0) is 12.1 Å². The second-order valence-corrected chi connectivity index (χ2v) is 3.56. The Kier molecular flexibility index (Phi) is 1.61. The van der Waals surface area contributed by atoms with Crippen molar-refractivity contribution >= 4 is 0 Å². The van der Waals surface area contributed by atoms with Gasteiger partial charge in [-0.15, -0.1) is 5.10 Å². The van der Waals surface area contributed by atoms with Crippen molar-refractivity contribution < 1.29 is 0 Å². The summed E-state index contributed by atoms with van der Waals surface area (Å²) in [4.78, 5) is 0. The van der Waals surface area contributed by atoms with Gasteiger partial charge < -0.3 is 5.73 Å². The average molecular weight is 167 g/mol. The minimum Gasteiger partial charge on any atom is -0.324 e. The molecule has 2 rings (SSSR count). The molecular formula is C7H13N5. The Bertz CT molecular complexity index is 275. The molecular weight excluding hydrogens is 154 g/mol. The minimum atomic E-state index is 0.137. The highest BCUT2D eigenvalue weighted by atomic mass is 15.6. The number of aromatic nitrogens is 4. The van der Waals surface area contributed by atoms with Crippen LogP contribution < -0.4 is 5.73 Å². The summed E-state index contributed by atoms with van der Waals surface area (Å²) < 4.78 is 1.87. The number of nitrogens with zero attached hydrogens (tertiary/aromatic N) is 4. The van der Waals surface area contributed by atoms with Crippen LogP contribution in [0.4, 0.5) is 0 Å². The summed E-state index contributed by atoms with van der Waals surface area (Å²) in [5, 5.41) is 11.4. The summed E-state index contributed by atoms with van der Waals surface area (Å²) in [5.74, 6) is 0.789. The van der Waals surface area contributed by atoms with Crippen LogP contribution in [0.1, 0.15) is 32.0 Å². The monoisotopic (exact) mass is 167 g/mol. The quantitative estimate of drug-likeness (QED) is 0.674. The number of rotatable bonds is 2. The Morgan fingerprint density at radius 2 is 2.33 bits per heavy atom. The molecule has 1 aromatic rings. The predicted molar refractivity (Wildman–Crippen MR) is 43.2 cm³/mol. The van der Waals surface area contributed by atoms with Crippen molar-refractivity contribution in [3.05, 3.63) is 5.82 Å². The molecule has 0 saturated heterocycles. The van der Waals surface area contributed by atoms with Crippen LogP contribution in [0, 0.1) is 0 Å². The summed E-state index contributed by atoms with van der Waals surface area (Å²) >= 11 is 0. The number of hydrogen-bond donors (Lipinski definition) is 1. The van der Waals surface area contributed by atoms with Crippen LogP contribution in [0.2, 0.25) is 0 Å². The lowest BCUT2D eigenvalue weighted by Crippen LogP contribution is -2.39. The first-order valence-corrected chi connectivity index (χ1v) is 4.24. The second-order valence-electron chi connectivity index (χ2n) is 3.56. The lowest BCUT2D eigenvalue weighted by atomic mass is 9.78. The highest BCUT2D eigenvalue weighted by Gasteiger charge is 2.36. The molecule has 5 heteroatoms. The van der Waals surface area contributed by atoms with Crippen LogP contribution in [0.15, 0.2) is 0 Å². The lowest BCUT2D eigenvalue weighted by Gasteiger charge is -2.38. The van der Waals surface area contributed by atoms with Gasteiger partial charge in [0.2, 0.25) is 0 Å². The highest BCUT2D eigenvalue weighted by Crippen LogP contribution is 2.38. The SMILES string of the molecule is CC1(n2nnnc2CN)CCC1. The van der Waals surface area contributed by atoms with E-state index in [1.165, 1.54) is 6.42 Å². The van der Waals surface area contributed by atoms with Crippen LogP contribution in [0.3, 0.4) is 0 Å². The molecule has 0 aliphatic heterocycles. The van der Waals surface area contributed by atoms with Gasteiger partial charge in [-0.3, -0.25) is 0 Å². The summed E-state index contributed by atoms with van der Waals surface area (Å²) in [5.41, 5.74) is 5.64. The Labute approximate surface area is 70.9 Å². The van der Waals surface area contributed by atoms with E-state index in [2.05, 4.69) is 22.4 Å². The fourth-order valence-corrected chi connectivity index (χ4v) is 1.65. The van der Waals surface area contributed by atoms with Crippen molar-refractivity contribution in [2.24, 2.45) is 5.73 Å². The lowest BCUT2D eigenvalue weighted by molar-refractivity contribution is 0.141. The van der Waals surface area contributed by atoms with E-state index in [4.69, 9.17) is 5.73 Å². The molecule has 0 atom stereocenters. The molecule has 0 bridgehead atoms. The topological polar surface area (TPSA) is 69.6 Å². The zero-order chi connectivity index (χ0) is 8.60. The number of tetrazole rings is 1. The predicted octanol–water partition coefficient (Wildman–Crippen LogP) is 0.0309. The Hall–Kier alpha value is -0.970. The van der Waals surface area contributed by atoms with Gasteiger partial charge in [-0.05, 0) is 36.6 Å². The maximum atomic E-state index is 5.51. The average Bonchev–Trinajstić information content (AvgIpc) is 2.47. The van der Waals surface area contributed by atoms with Gasteiger partial charge in [-0.1, -0.05) is 0 Å². The molecule has 1 aromatic heterocycles. The van der Waals surface area contributed by atoms with Gasteiger partial charge in [0.05, 0.1) is 12.1 Å². The standard InChI is InChI=1S/C7H13N5/c1-7(3-2-4-7)12-6(5-8)9-10-11-12/h2-5,8H2,1H3.